The van der Waals surface area contributed by atoms with Crippen LogP contribution < -0.4 is 11.1 Å². The van der Waals surface area contributed by atoms with E-state index in [1.54, 1.807) is 0 Å². The van der Waals surface area contributed by atoms with Crippen molar-refractivity contribution in [2.75, 3.05) is 18.4 Å². The van der Waals surface area contributed by atoms with Crippen molar-refractivity contribution in [1.29, 1.82) is 0 Å². The molecule has 1 heterocycles. The molecule has 0 saturated carbocycles. The highest BCUT2D eigenvalue weighted by Gasteiger charge is 2.31. The lowest BCUT2D eigenvalue weighted by Crippen LogP contribution is -2.29. The van der Waals surface area contributed by atoms with E-state index in [1.807, 2.05) is 12.1 Å². The molecular formula is C13H18N2O. The monoisotopic (exact) mass is 218 g/mol. The van der Waals surface area contributed by atoms with Gasteiger partial charge in [-0.3, -0.25) is 0 Å². The van der Waals surface area contributed by atoms with Crippen LogP contribution in [0.1, 0.15) is 18.4 Å². The van der Waals surface area contributed by atoms with Crippen molar-refractivity contribution in [3.63, 3.8) is 0 Å². The number of benzene rings is 1. The number of carbonyl (C=O) groups excluding carboxylic acids is 1. The predicted octanol–water partition coefficient (Wildman–Crippen LogP) is 1.58. The van der Waals surface area contributed by atoms with E-state index in [-0.39, 0.29) is 5.41 Å². The molecule has 3 N–H and O–H groups in total. The molecule has 0 bridgehead atoms. The minimum absolute atomic E-state index is 0.269. The number of aldehydes is 1. The standard InChI is InChI=1S/C13H18N2O/c14-7-5-13(10-16)6-8-15-12-4-2-1-3-11(12)9-13/h1-4,10,15H,5-9,14H2. The van der Waals surface area contributed by atoms with Gasteiger partial charge in [0.05, 0.1) is 0 Å². The van der Waals surface area contributed by atoms with Crippen LogP contribution in [-0.2, 0) is 11.2 Å². The van der Waals surface area contributed by atoms with Gasteiger partial charge in [-0.15, -0.1) is 0 Å². The molecule has 1 aliphatic heterocycles. The van der Waals surface area contributed by atoms with E-state index in [2.05, 4.69) is 17.4 Å². The summed E-state index contributed by atoms with van der Waals surface area (Å²) >= 11 is 0. The molecule has 0 saturated heterocycles. The van der Waals surface area contributed by atoms with Crippen molar-refractivity contribution in [2.45, 2.75) is 19.3 Å². The third-order valence-corrected chi connectivity index (χ3v) is 3.39. The summed E-state index contributed by atoms with van der Waals surface area (Å²) in [5.41, 5.74) is 7.72. The zero-order valence-corrected chi connectivity index (χ0v) is 9.41. The predicted molar refractivity (Wildman–Crippen MR) is 65.4 cm³/mol. The van der Waals surface area contributed by atoms with Gasteiger partial charge in [0.15, 0.2) is 0 Å². The lowest BCUT2D eigenvalue weighted by molar-refractivity contribution is -0.116. The molecule has 1 aromatic carbocycles. The molecule has 1 unspecified atom stereocenters. The molecule has 1 aromatic rings. The van der Waals surface area contributed by atoms with Crippen molar-refractivity contribution in [1.82, 2.24) is 0 Å². The molecule has 2 rings (SSSR count). The minimum atomic E-state index is -0.269. The van der Waals surface area contributed by atoms with Crippen molar-refractivity contribution in [3.05, 3.63) is 29.8 Å². The largest absolute Gasteiger partial charge is 0.385 e. The Labute approximate surface area is 96.0 Å². The van der Waals surface area contributed by atoms with E-state index >= 15 is 0 Å². The Kier molecular flexibility index (Phi) is 3.25. The highest BCUT2D eigenvalue weighted by Crippen LogP contribution is 2.34. The third kappa shape index (κ3) is 2.09. The summed E-state index contributed by atoms with van der Waals surface area (Å²) in [5.74, 6) is 0. The molecule has 0 aliphatic carbocycles. The van der Waals surface area contributed by atoms with Crippen LogP contribution in [0.3, 0.4) is 0 Å². The first-order valence-electron chi connectivity index (χ1n) is 5.78. The van der Waals surface area contributed by atoms with Gasteiger partial charge in [0.2, 0.25) is 0 Å². The number of para-hydroxylation sites is 1. The molecule has 0 amide bonds. The maximum absolute atomic E-state index is 11.4. The van der Waals surface area contributed by atoms with Gasteiger partial charge in [0, 0.05) is 17.6 Å². The molecule has 86 valence electrons. The van der Waals surface area contributed by atoms with Crippen molar-refractivity contribution < 1.29 is 4.79 Å². The fraction of sp³-hybridized carbons (Fsp3) is 0.462. The topological polar surface area (TPSA) is 55.1 Å². The molecule has 1 atom stereocenters. The average Bonchev–Trinajstić information content (AvgIpc) is 2.49. The molecule has 0 aromatic heterocycles. The van der Waals surface area contributed by atoms with Gasteiger partial charge in [-0.05, 0) is 37.4 Å². The number of hydrogen-bond donors (Lipinski definition) is 2. The van der Waals surface area contributed by atoms with Gasteiger partial charge in [0.1, 0.15) is 6.29 Å². The Bertz CT molecular complexity index is 378. The first-order chi connectivity index (χ1) is 7.79. The summed E-state index contributed by atoms with van der Waals surface area (Å²) in [7, 11) is 0. The summed E-state index contributed by atoms with van der Waals surface area (Å²) in [6.45, 7) is 1.41. The van der Waals surface area contributed by atoms with Crippen LogP contribution >= 0.6 is 0 Å². The molecule has 0 radical (unpaired) electrons. The zero-order chi connectivity index (χ0) is 11.4. The summed E-state index contributed by atoms with van der Waals surface area (Å²) in [4.78, 5) is 11.4. The van der Waals surface area contributed by atoms with Crippen molar-refractivity contribution in [2.24, 2.45) is 11.1 Å². The second-order valence-corrected chi connectivity index (χ2v) is 4.53. The van der Waals surface area contributed by atoms with Crippen LogP contribution in [0.4, 0.5) is 5.69 Å². The normalized spacial score (nSPS) is 24.1. The highest BCUT2D eigenvalue weighted by atomic mass is 16.1. The lowest BCUT2D eigenvalue weighted by Gasteiger charge is -2.25. The first kappa shape index (κ1) is 11.1. The fourth-order valence-electron chi connectivity index (χ4n) is 2.42. The Morgan fingerprint density at radius 2 is 2.25 bits per heavy atom. The highest BCUT2D eigenvalue weighted by molar-refractivity contribution is 5.64. The second kappa shape index (κ2) is 4.66. The molecule has 16 heavy (non-hydrogen) atoms. The number of rotatable bonds is 3. The summed E-state index contributed by atoms with van der Waals surface area (Å²) in [6.07, 6.45) is 3.54. The molecule has 0 fully saturated rings. The van der Waals surface area contributed by atoms with E-state index in [1.165, 1.54) is 5.56 Å². The number of nitrogens with two attached hydrogens (primary N) is 1. The average molecular weight is 218 g/mol. The van der Waals surface area contributed by atoms with Crippen LogP contribution in [0.15, 0.2) is 24.3 Å². The SMILES string of the molecule is NCCC1(C=O)CCNc2ccccc2C1. The summed E-state index contributed by atoms with van der Waals surface area (Å²) < 4.78 is 0. The Morgan fingerprint density at radius 3 is 3.00 bits per heavy atom. The van der Waals surface area contributed by atoms with Crippen molar-refractivity contribution in [3.8, 4) is 0 Å². The number of nitrogens with one attached hydrogen (secondary N) is 1. The summed E-state index contributed by atoms with van der Waals surface area (Å²) in [5, 5.41) is 3.37. The maximum atomic E-state index is 11.4. The second-order valence-electron chi connectivity index (χ2n) is 4.53. The molecule has 3 nitrogen and oxygen atoms in total. The van der Waals surface area contributed by atoms with E-state index in [0.717, 1.165) is 37.8 Å². The van der Waals surface area contributed by atoms with E-state index in [9.17, 15) is 4.79 Å². The van der Waals surface area contributed by atoms with Crippen LogP contribution in [0, 0.1) is 5.41 Å². The van der Waals surface area contributed by atoms with E-state index in [4.69, 9.17) is 5.73 Å². The van der Waals surface area contributed by atoms with Gasteiger partial charge in [-0.2, -0.15) is 0 Å². The van der Waals surface area contributed by atoms with Crippen LogP contribution in [0.5, 0.6) is 0 Å². The molecule has 1 aliphatic rings. The number of anilines is 1. The van der Waals surface area contributed by atoms with Gasteiger partial charge in [-0.25, -0.2) is 0 Å². The van der Waals surface area contributed by atoms with Crippen molar-refractivity contribution >= 4 is 12.0 Å². The Balaban J connectivity index is 2.30. The number of fused-ring (bicyclic) bond motifs is 1. The number of hydrogen-bond acceptors (Lipinski definition) is 3. The van der Waals surface area contributed by atoms with Gasteiger partial charge in [-0.1, -0.05) is 18.2 Å². The summed E-state index contributed by atoms with van der Waals surface area (Å²) in [6, 6.07) is 8.19. The number of carbonyl (C=O) groups is 1. The quantitative estimate of drug-likeness (QED) is 0.757. The fourth-order valence-corrected chi connectivity index (χ4v) is 2.42. The van der Waals surface area contributed by atoms with Crippen LogP contribution in [0.25, 0.3) is 0 Å². The molecular weight excluding hydrogens is 200 g/mol. The Morgan fingerprint density at radius 1 is 1.44 bits per heavy atom. The molecule has 3 heteroatoms. The van der Waals surface area contributed by atoms with Crippen LogP contribution in [0.2, 0.25) is 0 Å². The molecule has 0 spiro atoms. The zero-order valence-electron chi connectivity index (χ0n) is 9.41. The van der Waals surface area contributed by atoms with Gasteiger partial charge >= 0.3 is 0 Å². The first-order valence-corrected chi connectivity index (χ1v) is 5.78. The maximum Gasteiger partial charge on any atom is 0.126 e. The lowest BCUT2D eigenvalue weighted by atomic mass is 9.78. The third-order valence-electron chi connectivity index (χ3n) is 3.39. The smallest absolute Gasteiger partial charge is 0.126 e. The minimum Gasteiger partial charge on any atom is -0.385 e. The van der Waals surface area contributed by atoms with Gasteiger partial charge in [0.25, 0.3) is 0 Å². The van der Waals surface area contributed by atoms with Gasteiger partial charge < -0.3 is 15.8 Å². The van der Waals surface area contributed by atoms with E-state index in [0.29, 0.717) is 6.54 Å². The Hall–Kier alpha value is -1.35. The van der Waals surface area contributed by atoms with Crippen LogP contribution in [-0.4, -0.2) is 19.4 Å². The van der Waals surface area contributed by atoms with E-state index < -0.39 is 0 Å².